The summed E-state index contributed by atoms with van der Waals surface area (Å²) in [4.78, 5) is 12.0. The van der Waals surface area contributed by atoms with E-state index in [4.69, 9.17) is 4.74 Å². The molecule has 1 fully saturated rings. The molecule has 1 saturated heterocycles. The summed E-state index contributed by atoms with van der Waals surface area (Å²) < 4.78 is 7.36. The topological polar surface area (TPSA) is 43.3 Å². The lowest BCUT2D eigenvalue weighted by Crippen LogP contribution is -2.43. The highest BCUT2D eigenvalue weighted by Gasteiger charge is 2.26. The molecule has 4 heteroatoms. The van der Waals surface area contributed by atoms with Crippen LogP contribution in [0.2, 0.25) is 0 Å². The van der Waals surface area contributed by atoms with Crippen molar-refractivity contribution in [3.05, 3.63) is 34.2 Å². The largest absolute Gasteiger partial charge is 0.381 e. The fourth-order valence-electron chi connectivity index (χ4n) is 2.63. The molecular weight excluding hydrogens is 240 g/mol. The number of rotatable bonds is 6. The minimum atomic E-state index is 0.0854. The summed E-state index contributed by atoms with van der Waals surface area (Å²) in [5.74, 6) is 0.512. The molecule has 0 bridgehead atoms. The first-order chi connectivity index (χ1) is 9.22. The van der Waals surface area contributed by atoms with Gasteiger partial charge in [-0.2, -0.15) is 0 Å². The van der Waals surface area contributed by atoms with E-state index in [1.165, 1.54) is 0 Å². The molecule has 106 valence electrons. The van der Waals surface area contributed by atoms with Crippen molar-refractivity contribution < 1.29 is 4.74 Å². The van der Waals surface area contributed by atoms with E-state index < -0.39 is 0 Å². The third kappa shape index (κ3) is 3.67. The van der Waals surface area contributed by atoms with Crippen molar-refractivity contribution in [2.24, 2.45) is 5.92 Å². The van der Waals surface area contributed by atoms with Crippen LogP contribution >= 0.6 is 0 Å². The first-order valence-electron chi connectivity index (χ1n) is 7.20. The van der Waals surface area contributed by atoms with Crippen molar-refractivity contribution in [2.75, 3.05) is 19.8 Å². The predicted molar refractivity (Wildman–Crippen MR) is 76.4 cm³/mol. The molecule has 0 radical (unpaired) electrons. The Morgan fingerprint density at radius 1 is 1.53 bits per heavy atom. The Bertz CT molecular complexity index is 450. The molecule has 0 spiro atoms. The molecule has 19 heavy (non-hydrogen) atoms. The van der Waals surface area contributed by atoms with E-state index in [-0.39, 0.29) is 5.56 Å². The fraction of sp³-hybridized carbons (Fsp3) is 0.667. The Morgan fingerprint density at radius 3 is 3.00 bits per heavy atom. The second kappa shape index (κ2) is 6.87. The van der Waals surface area contributed by atoms with E-state index in [1.54, 1.807) is 6.07 Å². The molecule has 0 aromatic carbocycles. The Labute approximate surface area is 114 Å². The van der Waals surface area contributed by atoms with E-state index in [2.05, 4.69) is 12.2 Å². The van der Waals surface area contributed by atoms with Gasteiger partial charge in [-0.1, -0.05) is 13.0 Å². The molecule has 1 aromatic heterocycles. The van der Waals surface area contributed by atoms with E-state index in [0.29, 0.717) is 12.0 Å². The smallest absolute Gasteiger partial charge is 0.250 e. The molecule has 0 saturated carbocycles. The van der Waals surface area contributed by atoms with Crippen molar-refractivity contribution in [1.82, 2.24) is 9.88 Å². The zero-order chi connectivity index (χ0) is 13.7. The third-order valence-electron chi connectivity index (χ3n) is 3.84. The van der Waals surface area contributed by atoms with Crippen LogP contribution in [0.1, 0.15) is 25.5 Å². The maximum absolute atomic E-state index is 12.0. The van der Waals surface area contributed by atoms with E-state index in [9.17, 15) is 4.79 Å². The zero-order valence-electron chi connectivity index (χ0n) is 11.9. The Hall–Kier alpha value is -1.13. The van der Waals surface area contributed by atoms with Crippen LogP contribution in [0.3, 0.4) is 0 Å². The fourth-order valence-corrected chi connectivity index (χ4v) is 2.63. The lowest BCUT2D eigenvalue weighted by atomic mass is 9.98. The van der Waals surface area contributed by atoms with Crippen LogP contribution in [0.5, 0.6) is 0 Å². The zero-order valence-corrected chi connectivity index (χ0v) is 11.9. The van der Waals surface area contributed by atoms with Crippen molar-refractivity contribution in [3.63, 3.8) is 0 Å². The molecule has 0 aliphatic carbocycles. The predicted octanol–water partition coefficient (Wildman–Crippen LogP) is 1.56. The van der Waals surface area contributed by atoms with E-state index in [0.717, 1.165) is 44.8 Å². The molecule has 2 heterocycles. The molecular formula is C15H24N2O2. The van der Waals surface area contributed by atoms with Gasteiger partial charge in [-0.25, -0.2) is 0 Å². The molecule has 1 aliphatic rings. The molecule has 1 aliphatic heterocycles. The lowest BCUT2D eigenvalue weighted by Gasteiger charge is -2.25. The van der Waals surface area contributed by atoms with Crippen molar-refractivity contribution in [2.45, 2.75) is 39.3 Å². The van der Waals surface area contributed by atoms with Gasteiger partial charge in [-0.05, 0) is 32.4 Å². The lowest BCUT2D eigenvalue weighted by molar-refractivity contribution is 0.173. The van der Waals surface area contributed by atoms with Crippen molar-refractivity contribution >= 4 is 0 Å². The highest BCUT2D eigenvalue weighted by atomic mass is 16.5. The standard InChI is InChI=1S/C15H24N2O2/c1-3-8-16-14(13-7-9-19-11-13)10-17-12(2)5-4-6-15(17)18/h4-6,13-14,16H,3,7-11H2,1-2H3. The van der Waals surface area contributed by atoms with E-state index >= 15 is 0 Å². The quantitative estimate of drug-likeness (QED) is 0.848. The SMILES string of the molecule is CCCNC(Cn1c(C)cccc1=O)C1CCOC1. The van der Waals surface area contributed by atoms with Gasteiger partial charge in [-0.3, -0.25) is 4.79 Å². The van der Waals surface area contributed by atoms with Crippen LogP contribution in [0.15, 0.2) is 23.0 Å². The van der Waals surface area contributed by atoms with Gasteiger partial charge in [0, 0.05) is 36.9 Å². The number of nitrogens with one attached hydrogen (secondary N) is 1. The van der Waals surface area contributed by atoms with E-state index in [1.807, 2.05) is 23.6 Å². The second-order valence-electron chi connectivity index (χ2n) is 5.30. The highest BCUT2D eigenvalue weighted by molar-refractivity contribution is 5.05. The minimum Gasteiger partial charge on any atom is -0.381 e. The maximum atomic E-state index is 12.0. The number of nitrogens with zero attached hydrogens (tertiary/aromatic N) is 1. The molecule has 2 unspecified atom stereocenters. The number of aryl methyl sites for hydroxylation is 1. The molecule has 0 amide bonds. The average molecular weight is 264 g/mol. The molecule has 4 nitrogen and oxygen atoms in total. The number of hydrogen-bond acceptors (Lipinski definition) is 3. The Kier molecular flexibility index (Phi) is 5.16. The summed E-state index contributed by atoms with van der Waals surface area (Å²) in [7, 11) is 0. The summed E-state index contributed by atoms with van der Waals surface area (Å²) in [5.41, 5.74) is 1.11. The van der Waals surface area contributed by atoms with Crippen LogP contribution < -0.4 is 10.9 Å². The first-order valence-corrected chi connectivity index (χ1v) is 7.20. The third-order valence-corrected chi connectivity index (χ3v) is 3.84. The van der Waals surface area contributed by atoms with Crippen LogP contribution in [0, 0.1) is 12.8 Å². The monoisotopic (exact) mass is 264 g/mol. The van der Waals surface area contributed by atoms with Gasteiger partial charge < -0.3 is 14.6 Å². The van der Waals surface area contributed by atoms with Gasteiger partial charge >= 0.3 is 0 Å². The van der Waals surface area contributed by atoms with Gasteiger partial charge in [0.1, 0.15) is 0 Å². The van der Waals surface area contributed by atoms with Gasteiger partial charge in [0.2, 0.25) is 0 Å². The van der Waals surface area contributed by atoms with Gasteiger partial charge in [0.05, 0.1) is 6.61 Å². The van der Waals surface area contributed by atoms with Crippen LogP contribution in [-0.2, 0) is 11.3 Å². The first kappa shape index (κ1) is 14.3. The van der Waals surface area contributed by atoms with Gasteiger partial charge in [0.25, 0.3) is 5.56 Å². The maximum Gasteiger partial charge on any atom is 0.250 e. The van der Waals surface area contributed by atoms with Crippen LogP contribution in [0.25, 0.3) is 0 Å². The second-order valence-corrected chi connectivity index (χ2v) is 5.30. The summed E-state index contributed by atoms with van der Waals surface area (Å²) in [6, 6.07) is 5.76. The summed E-state index contributed by atoms with van der Waals surface area (Å²) in [6.45, 7) is 7.53. The molecule has 2 rings (SSSR count). The highest BCUT2D eigenvalue weighted by Crippen LogP contribution is 2.18. The number of pyridine rings is 1. The minimum absolute atomic E-state index is 0.0854. The Morgan fingerprint density at radius 2 is 2.37 bits per heavy atom. The molecule has 1 N–H and O–H groups in total. The molecule has 1 aromatic rings. The van der Waals surface area contributed by atoms with Crippen LogP contribution in [0.4, 0.5) is 0 Å². The van der Waals surface area contributed by atoms with Gasteiger partial charge in [-0.15, -0.1) is 0 Å². The van der Waals surface area contributed by atoms with Crippen molar-refractivity contribution in [3.8, 4) is 0 Å². The number of ether oxygens (including phenoxy) is 1. The summed E-state index contributed by atoms with van der Waals surface area (Å²) in [5, 5.41) is 3.57. The summed E-state index contributed by atoms with van der Waals surface area (Å²) >= 11 is 0. The number of aromatic nitrogens is 1. The van der Waals surface area contributed by atoms with Crippen LogP contribution in [-0.4, -0.2) is 30.4 Å². The Balaban J connectivity index is 2.12. The van der Waals surface area contributed by atoms with Crippen molar-refractivity contribution in [1.29, 1.82) is 0 Å². The average Bonchev–Trinajstić information content (AvgIpc) is 2.91. The summed E-state index contributed by atoms with van der Waals surface area (Å²) in [6.07, 6.45) is 2.19. The normalized spacial score (nSPS) is 20.6. The number of hydrogen-bond donors (Lipinski definition) is 1. The molecule has 2 atom stereocenters. The van der Waals surface area contributed by atoms with Gasteiger partial charge in [0.15, 0.2) is 0 Å².